The average molecular weight is 356 g/mol. The van der Waals surface area contributed by atoms with E-state index in [0.29, 0.717) is 11.7 Å². The number of nitrogens with zero attached hydrogens (tertiary/aromatic N) is 5. The Morgan fingerprint density at radius 2 is 2.08 bits per heavy atom. The molecule has 2 aliphatic rings. The van der Waals surface area contributed by atoms with E-state index in [2.05, 4.69) is 25.3 Å². The Hall–Kier alpha value is -2.18. The first-order valence-corrected chi connectivity index (χ1v) is 9.91. The first-order chi connectivity index (χ1) is 12.7. The van der Waals surface area contributed by atoms with Crippen molar-refractivity contribution in [1.82, 2.24) is 24.9 Å². The Bertz CT molecular complexity index is 766. The molecule has 0 aromatic carbocycles. The molecule has 1 saturated heterocycles. The SMILES string of the molecule is Cc1cc(N2CCC[C@@H](C(=O)NCC3CCCCC3)C2)n2ncnc2n1. The molecule has 1 amide bonds. The van der Waals surface area contributed by atoms with Gasteiger partial charge in [0.25, 0.3) is 5.78 Å². The molecule has 26 heavy (non-hydrogen) atoms. The molecule has 1 aliphatic carbocycles. The Morgan fingerprint density at radius 3 is 2.92 bits per heavy atom. The van der Waals surface area contributed by atoms with Crippen molar-refractivity contribution in [1.29, 1.82) is 0 Å². The molecule has 0 unspecified atom stereocenters. The lowest BCUT2D eigenvalue weighted by Crippen LogP contribution is -2.44. The van der Waals surface area contributed by atoms with Crippen LogP contribution in [-0.4, -0.2) is 45.1 Å². The fraction of sp³-hybridized carbons (Fsp3) is 0.684. The van der Waals surface area contributed by atoms with Gasteiger partial charge >= 0.3 is 0 Å². The number of hydrogen-bond donors (Lipinski definition) is 1. The van der Waals surface area contributed by atoms with Gasteiger partial charge in [-0.15, -0.1) is 0 Å². The van der Waals surface area contributed by atoms with Crippen molar-refractivity contribution in [2.45, 2.75) is 51.9 Å². The number of piperidine rings is 1. The van der Waals surface area contributed by atoms with Crippen LogP contribution in [0.15, 0.2) is 12.4 Å². The van der Waals surface area contributed by atoms with Crippen LogP contribution in [0.2, 0.25) is 0 Å². The molecule has 4 rings (SSSR count). The summed E-state index contributed by atoms with van der Waals surface area (Å²) in [6.45, 7) is 4.48. The highest BCUT2D eigenvalue weighted by Gasteiger charge is 2.28. The maximum Gasteiger partial charge on any atom is 0.254 e. The summed E-state index contributed by atoms with van der Waals surface area (Å²) in [7, 11) is 0. The average Bonchev–Trinajstić information content (AvgIpc) is 3.14. The topological polar surface area (TPSA) is 75.4 Å². The predicted octanol–water partition coefficient (Wildman–Crippen LogP) is 2.35. The molecule has 2 aromatic heterocycles. The van der Waals surface area contributed by atoms with Crippen LogP contribution in [0, 0.1) is 18.8 Å². The molecular weight excluding hydrogens is 328 g/mol. The van der Waals surface area contributed by atoms with Gasteiger partial charge in [-0.3, -0.25) is 4.79 Å². The zero-order valence-corrected chi connectivity index (χ0v) is 15.5. The van der Waals surface area contributed by atoms with Gasteiger partial charge in [0.15, 0.2) is 0 Å². The summed E-state index contributed by atoms with van der Waals surface area (Å²) in [6, 6.07) is 2.03. The molecular formula is C19H28N6O. The summed E-state index contributed by atoms with van der Waals surface area (Å²) in [5.41, 5.74) is 0.921. The van der Waals surface area contributed by atoms with Crippen molar-refractivity contribution in [3.05, 3.63) is 18.1 Å². The molecule has 1 atom stereocenters. The number of carbonyl (C=O) groups excluding carboxylic acids is 1. The minimum absolute atomic E-state index is 0.0411. The number of anilines is 1. The van der Waals surface area contributed by atoms with E-state index in [9.17, 15) is 4.79 Å². The Labute approximate surface area is 154 Å². The maximum absolute atomic E-state index is 12.7. The predicted molar refractivity (Wildman–Crippen MR) is 100 cm³/mol. The van der Waals surface area contributed by atoms with E-state index >= 15 is 0 Å². The molecule has 0 radical (unpaired) electrons. The molecule has 1 saturated carbocycles. The lowest BCUT2D eigenvalue weighted by Gasteiger charge is -2.34. The van der Waals surface area contributed by atoms with Crippen molar-refractivity contribution >= 4 is 17.5 Å². The fourth-order valence-electron chi connectivity index (χ4n) is 4.32. The van der Waals surface area contributed by atoms with Gasteiger partial charge in [0, 0.05) is 31.4 Å². The van der Waals surface area contributed by atoms with Gasteiger partial charge < -0.3 is 10.2 Å². The first-order valence-electron chi connectivity index (χ1n) is 9.91. The lowest BCUT2D eigenvalue weighted by atomic mass is 9.89. The van der Waals surface area contributed by atoms with Crippen molar-refractivity contribution < 1.29 is 4.79 Å². The van der Waals surface area contributed by atoms with Gasteiger partial charge in [-0.1, -0.05) is 19.3 Å². The van der Waals surface area contributed by atoms with Crippen LogP contribution in [-0.2, 0) is 4.79 Å². The molecule has 1 aliphatic heterocycles. The molecule has 3 heterocycles. The van der Waals surface area contributed by atoms with E-state index in [0.717, 1.165) is 44.0 Å². The van der Waals surface area contributed by atoms with E-state index in [1.54, 1.807) is 4.52 Å². The van der Waals surface area contributed by atoms with Crippen LogP contribution in [0.1, 0.15) is 50.6 Å². The zero-order chi connectivity index (χ0) is 17.9. The largest absolute Gasteiger partial charge is 0.356 e. The monoisotopic (exact) mass is 356 g/mol. The van der Waals surface area contributed by atoms with Crippen molar-refractivity contribution in [3.63, 3.8) is 0 Å². The summed E-state index contributed by atoms with van der Waals surface area (Å²) >= 11 is 0. The summed E-state index contributed by atoms with van der Waals surface area (Å²) in [6.07, 6.45) is 10.00. The lowest BCUT2D eigenvalue weighted by molar-refractivity contribution is -0.125. The standard InChI is InChI=1S/C19H28N6O/c1-14-10-17(25-19(23-14)21-13-22-25)24-9-5-8-16(12-24)18(26)20-11-15-6-3-2-4-7-15/h10,13,15-16H,2-9,11-12H2,1H3,(H,20,26)/t16-/m1/s1. The van der Waals surface area contributed by atoms with Crippen LogP contribution in [0.5, 0.6) is 0 Å². The minimum atomic E-state index is 0.0411. The Kier molecular flexibility index (Phi) is 5.04. The number of hydrogen-bond acceptors (Lipinski definition) is 5. The second kappa shape index (κ2) is 7.60. The summed E-state index contributed by atoms with van der Waals surface area (Å²) < 4.78 is 1.77. The number of aryl methyl sites for hydroxylation is 1. The van der Waals surface area contributed by atoms with Crippen LogP contribution >= 0.6 is 0 Å². The Morgan fingerprint density at radius 1 is 1.23 bits per heavy atom. The van der Waals surface area contributed by atoms with Gasteiger partial charge in [0.2, 0.25) is 5.91 Å². The number of nitrogens with one attached hydrogen (secondary N) is 1. The molecule has 7 nitrogen and oxygen atoms in total. The quantitative estimate of drug-likeness (QED) is 0.910. The molecule has 1 N–H and O–H groups in total. The minimum Gasteiger partial charge on any atom is -0.356 e. The third-order valence-corrected chi connectivity index (χ3v) is 5.77. The maximum atomic E-state index is 12.7. The molecule has 0 bridgehead atoms. The fourth-order valence-corrected chi connectivity index (χ4v) is 4.32. The summed E-state index contributed by atoms with van der Waals surface area (Å²) in [5, 5.41) is 7.53. The van der Waals surface area contributed by atoms with Crippen LogP contribution in [0.25, 0.3) is 5.78 Å². The van der Waals surface area contributed by atoms with Crippen molar-refractivity contribution in [2.24, 2.45) is 11.8 Å². The van der Waals surface area contributed by atoms with E-state index in [1.165, 1.54) is 38.4 Å². The van der Waals surface area contributed by atoms with Crippen molar-refractivity contribution in [3.8, 4) is 0 Å². The van der Waals surface area contributed by atoms with E-state index in [1.807, 2.05) is 13.0 Å². The number of aromatic nitrogens is 4. The third kappa shape index (κ3) is 3.66. The van der Waals surface area contributed by atoms with Crippen LogP contribution in [0.3, 0.4) is 0 Å². The smallest absolute Gasteiger partial charge is 0.254 e. The highest BCUT2D eigenvalue weighted by atomic mass is 16.1. The molecule has 2 fully saturated rings. The summed E-state index contributed by atoms with van der Waals surface area (Å²) in [4.78, 5) is 23.6. The number of fused-ring (bicyclic) bond motifs is 1. The van der Waals surface area contributed by atoms with Gasteiger partial charge in [-0.25, -0.2) is 4.98 Å². The van der Waals surface area contributed by atoms with Gasteiger partial charge in [0.05, 0.1) is 5.92 Å². The third-order valence-electron chi connectivity index (χ3n) is 5.77. The van der Waals surface area contributed by atoms with Crippen LogP contribution in [0.4, 0.5) is 5.82 Å². The highest BCUT2D eigenvalue weighted by Crippen LogP contribution is 2.25. The second-order valence-electron chi connectivity index (χ2n) is 7.76. The second-order valence-corrected chi connectivity index (χ2v) is 7.76. The van der Waals surface area contributed by atoms with Crippen molar-refractivity contribution in [2.75, 3.05) is 24.5 Å². The summed E-state index contributed by atoms with van der Waals surface area (Å²) in [5.74, 6) is 2.52. The highest BCUT2D eigenvalue weighted by molar-refractivity contribution is 5.79. The normalized spacial score (nSPS) is 21.9. The van der Waals surface area contributed by atoms with Crippen LogP contribution < -0.4 is 10.2 Å². The molecule has 2 aromatic rings. The number of amides is 1. The molecule has 140 valence electrons. The number of carbonyl (C=O) groups is 1. The van der Waals surface area contributed by atoms with E-state index in [-0.39, 0.29) is 11.8 Å². The molecule has 7 heteroatoms. The van der Waals surface area contributed by atoms with Gasteiger partial charge in [-0.05, 0) is 38.5 Å². The van der Waals surface area contributed by atoms with Gasteiger partial charge in [0.1, 0.15) is 12.1 Å². The van der Waals surface area contributed by atoms with Gasteiger partial charge in [-0.2, -0.15) is 14.6 Å². The van der Waals surface area contributed by atoms with E-state index in [4.69, 9.17) is 0 Å². The molecule has 0 spiro atoms. The Balaban J connectivity index is 1.41. The first kappa shape index (κ1) is 17.2. The number of rotatable bonds is 4. The van der Waals surface area contributed by atoms with E-state index < -0.39 is 0 Å². The zero-order valence-electron chi connectivity index (χ0n) is 15.5.